The van der Waals surface area contributed by atoms with E-state index in [1.165, 1.54) is 6.42 Å². The van der Waals surface area contributed by atoms with Crippen molar-refractivity contribution in [2.45, 2.75) is 78.2 Å². The highest BCUT2D eigenvalue weighted by molar-refractivity contribution is 5.87. The molecule has 0 aromatic rings. The average Bonchev–Trinajstić information content (AvgIpc) is 2.82. The van der Waals surface area contributed by atoms with Crippen molar-refractivity contribution in [1.82, 2.24) is 0 Å². The van der Waals surface area contributed by atoms with Crippen molar-refractivity contribution in [3.63, 3.8) is 0 Å². The number of aliphatic hydroxyl groups excluding tert-OH is 1. The van der Waals surface area contributed by atoms with Crippen LogP contribution in [0.5, 0.6) is 0 Å². The molecule has 8 atom stereocenters. The lowest BCUT2D eigenvalue weighted by atomic mass is 9.44. The van der Waals surface area contributed by atoms with E-state index < -0.39 is 0 Å². The Morgan fingerprint density at radius 2 is 1.75 bits per heavy atom. The van der Waals surface area contributed by atoms with Gasteiger partial charge in [0, 0.05) is 18.3 Å². The van der Waals surface area contributed by atoms with Crippen LogP contribution in [0.2, 0.25) is 0 Å². The largest absolute Gasteiger partial charge is 0.393 e. The lowest BCUT2D eigenvalue weighted by Crippen LogP contribution is -2.58. The van der Waals surface area contributed by atoms with Gasteiger partial charge in [0.05, 0.1) is 6.10 Å². The van der Waals surface area contributed by atoms with Crippen molar-refractivity contribution in [2.24, 2.45) is 40.4 Å². The molecular weight excluding hydrogens is 300 g/mol. The molecule has 4 fully saturated rings. The number of ketones is 2. The van der Waals surface area contributed by atoms with Gasteiger partial charge in [0.25, 0.3) is 0 Å². The van der Waals surface area contributed by atoms with E-state index in [0.717, 1.165) is 38.5 Å². The van der Waals surface area contributed by atoms with E-state index in [1.807, 2.05) is 0 Å². The van der Waals surface area contributed by atoms with Crippen molar-refractivity contribution in [3.8, 4) is 0 Å². The molecule has 0 bridgehead atoms. The molecule has 24 heavy (non-hydrogen) atoms. The maximum absolute atomic E-state index is 13.3. The Labute approximate surface area is 145 Å². The van der Waals surface area contributed by atoms with E-state index in [-0.39, 0.29) is 34.6 Å². The highest BCUT2D eigenvalue weighted by Gasteiger charge is 2.63. The van der Waals surface area contributed by atoms with E-state index in [9.17, 15) is 14.7 Å². The van der Waals surface area contributed by atoms with Crippen LogP contribution in [0.25, 0.3) is 0 Å². The Bertz CT molecular complexity index is 569. The minimum absolute atomic E-state index is 0.0205. The topological polar surface area (TPSA) is 54.4 Å². The van der Waals surface area contributed by atoms with Gasteiger partial charge in [-0.15, -0.1) is 0 Å². The number of rotatable bonds is 1. The molecule has 1 N–H and O–H groups in total. The number of hydrogen-bond acceptors (Lipinski definition) is 3. The summed E-state index contributed by atoms with van der Waals surface area (Å²) in [7, 11) is 0. The molecule has 0 amide bonds. The lowest BCUT2D eigenvalue weighted by Gasteiger charge is -2.59. The summed E-state index contributed by atoms with van der Waals surface area (Å²) in [6, 6.07) is 0. The Morgan fingerprint density at radius 3 is 2.46 bits per heavy atom. The van der Waals surface area contributed by atoms with E-state index in [2.05, 4.69) is 13.8 Å². The molecule has 4 aliphatic carbocycles. The van der Waals surface area contributed by atoms with Gasteiger partial charge >= 0.3 is 0 Å². The zero-order valence-corrected chi connectivity index (χ0v) is 15.4. The molecule has 3 nitrogen and oxygen atoms in total. The summed E-state index contributed by atoms with van der Waals surface area (Å²) in [5.74, 6) is 2.43. The molecule has 0 aromatic carbocycles. The van der Waals surface area contributed by atoms with Gasteiger partial charge in [-0.1, -0.05) is 13.8 Å². The Hall–Kier alpha value is -0.700. The minimum Gasteiger partial charge on any atom is -0.393 e. The zero-order valence-electron chi connectivity index (χ0n) is 15.4. The molecule has 4 rings (SSSR count). The van der Waals surface area contributed by atoms with Crippen LogP contribution in [0.15, 0.2) is 0 Å². The van der Waals surface area contributed by atoms with E-state index in [4.69, 9.17) is 0 Å². The fraction of sp³-hybridized carbons (Fsp3) is 0.905. The van der Waals surface area contributed by atoms with Gasteiger partial charge in [-0.3, -0.25) is 9.59 Å². The summed E-state index contributed by atoms with van der Waals surface area (Å²) in [5, 5.41) is 10.3. The van der Waals surface area contributed by atoms with Crippen molar-refractivity contribution in [3.05, 3.63) is 0 Å². The third-order valence-electron chi connectivity index (χ3n) is 8.76. The first kappa shape index (κ1) is 16.8. The summed E-state index contributed by atoms with van der Waals surface area (Å²) in [4.78, 5) is 25.5. The van der Waals surface area contributed by atoms with Gasteiger partial charge in [0.15, 0.2) is 0 Å². The monoisotopic (exact) mass is 332 g/mol. The van der Waals surface area contributed by atoms with Crippen molar-refractivity contribution in [2.75, 3.05) is 0 Å². The first-order valence-corrected chi connectivity index (χ1v) is 9.98. The molecule has 0 radical (unpaired) electrons. The van der Waals surface area contributed by atoms with Gasteiger partial charge in [-0.05, 0) is 80.5 Å². The Morgan fingerprint density at radius 1 is 1.04 bits per heavy atom. The molecule has 0 aromatic heterocycles. The normalized spacial score (nSPS) is 53.9. The highest BCUT2D eigenvalue weighted by Crippen LogP contribution is 2.66. The predicted molar refractivity (Wildman–Crippen MR) is 92.3 cm³/mol. The molecule has 1 unspecified atom stereocenters. The highest BCUT2D eigenvalue weighted by atomic mass is 16.3. The summed E-state index contributed by atoms with van der Waals surface area (Å²) >= 11 is 0. The number of fused-ring (bicyclic) bond motifs is 5. The zero-order chi connectivity index (χ0) is 17.3. The summed E-state index contributed by atoms with van der Waals surface area (Å²) in [6.07, 6.45) is 7.55. The smallest absolute Gasteiger partial charge is 0.137 e. The summed E-state index contributed by atoms with van der Waals surface area (Å²) < 4.78 is 0. The second kappa shape index (κ2) is 5.40. The fourth-order valence-corrected chi connectivity index (χ4v) is 7.82. The fourth-order valence-electron chi connectivity index (χ4n) is 7.82. The Kier molecular flexibility index (Phi) is 3.77. The van der Waals surface area contributed by atoms with Crippen LogP contribution in [0.1, 0.15) is 72.1 Å². The number of hydrogen-bond donors (Lipinski definition) is 1. The van der Waals surface area contributed by atoms with E-state index in [1.54, 1.807) is 6.92 Å². The molecule has 0 aliphatic heterocycles. The molecule has 3 heteroatoms. The van der Waals surface area contributed by atoms with Crippen LogP contribution in [-0.2, 0) is 9.59 Å². The number of Topliss-reactive ketones (excluding diaryl/α,β-unsaturated/α-hetero) is 2. The van der Waals surface area contributed by atoms with Crippen LogP contribution >= 0.6 is 0 Å². The quantitative estimate of drug-likeness (QED) is 0.795. The molecule has 4 saturated carbocycles. The van der Waals surface area contributed by atoms with Gasteiger partial charge in [-0.2, -0.15) is 0 Å². The van der Waals surface area contributed by atoms with Crippen molar-refractivity contribution in [1.29, 1.82) is 0 Å². The molecular formula is C21H32O3. The maximum atomic E-state index is 13.3. The minimum atomic E-state index is -0.236. The van der Waals surface area contributed by atoms with Crippen molar-refractivity contribution >= 4 is 11.6 Å². The van der Waals surface area contributed by atoms with Crippen molar-refractivity contribution < 1.29 is 14.7 Å². The first-order chi connectivity index (χ1) is 11.3. The number of carbonyl (C=O) groups is 2. The van der Waals surface area contributed by atoms with Crippen LogP contribution in [0.4, 0.5) is 0 Å². The van der Waals surface area contributed by atoms with Gasteiger partial charge < -0.3 is 5.11 Å². The Balaban J connectivity index is 1.70. The van der Waals surface area contributed by atoms with E-state index in [0.29, 0.717) is 30.0 Å². The van der Waals surface area contributed by atoms with Crippen LogP contribution in [0, 0.1) is 40.4 Å². The maximum Gasteiger partial charge on any atom is 0.137 e. The second-order valence-electron chi connectivity index (χ2n) is 9.85. The predicted octanol–water partition coefficient (Wildman–Crippen LogP) is 3.77. The third kappa shape index (κ3) is 2.12. The SMILES string of the molecule is CC(=O)[C@H]1CC[C@H]2[C@@H]3CC[C@H]4CCC(O)C[C@]4(C)[C@H]3C(=O)C[C@]12C. The molecule has 0 spiro atoms. The summed E-state index contributed by atoms with van der Waals surface area (Å²) in [5.41, 5.74) is -0.131. The number of carbonyl (C=O) groups excluding carboxylic acids is 2. The summed E-state index contributed by atoms with van der Waals surface area (Å²) in [6.45, 7) is 6.22. The molecule has 134 valence electrons. The van der Waals surface area contributed by atoms with E-state index >= 15 is 0 Å². The average molecular weight is 332 g/mol. The molecule has 4 aliphatic rings. The number of aliphatic hydroxyl groups is 1. The first-order valence-electron chi connectivity index (χ1n) is 9.98. The van der Waals surface area contributed by atoms with Gasteiger partial charge in [0.1, 0.15) is 11.6 Å². The standard InChI is InChI=1S/C21H32O3/c1-12(22)16-8-9-17-15-7-5-13-4-6-14(23)10-20(13,2)19(15)18(24)11-21(16,17)3/h13-17,19,23H,4-11H2,1-3H3/t13-,14?,15+,16-,17+,19-,20+,21-/m1/s1. The molecule has 0 saturated heterocycles. The molecule has 0 heterocycles. The second-order valence-corrected chi connectivity index (χ2v) is 9.85. The third-order valence-corrected chi connectivity index (χ3v) is 8.76. The van der Waals surface area contributed by atoms with Crippen LogP contribution in [0.3, 0.4) is 0 Å². The van der Waals surface area contributed by atoms with Crippen LogP contribution < -0.4 is 0 Å². The van der Waals surface area contributed by atoms with Gasteiger partial charge in [0.2, 0.25) is 0 Å². The van der Waals surface area contributed by atoms with Gasteiger partial charge in [-0.25, -0.2) is 0 Å². The van der Waals surface area contributed by atoms with Crippen LogP contribution in [-0.4, -0.2) is 22.8 Å². The lowest BCUT2D eigenvalue weighted by molar-refractivity contribution is -0.163.